The Hall–Kier alpha value is -0.990. The molecule has 26 heavy (non-hydrogen) atoms. The first-order chi connectivity index (χ1) is 12.4. The fourth-order valence-electron chi connectivity index (χ4n) is 3.53. The van der Waals surface area contributed by atoms with Crippen LogP contribution in [-0.4, -0.2) is 16.0 Å². The summed E-state index contributed by atoms with van der Waals surface area (Å²) < 4.78 is 0. The largest absolute Gasteiger partial charge is 0.389 e. The number of benzene rings is 2. The van der Waals surface area contributed by atoms with E-state index in [1.54, 1.807) is 11.4 Å². The molecule has 2 aromatic carbocycles. The lowest BCUT2D eigenvalue weighted by Gasteiger charge is -2.38. The van der Waals surface area contributed by atoms with E-state index in [0.717, 1.165) is 19.3 Å². The third kappa shape index (κ3) is 4.46. The van der Waals surface area contributed by atoms with Gasteiger partial charge >= 0.3 is 0 Å². The quantitative estimate of drug-likeness (QED) is 0.485. The Morgan fingerprint density at radius 3 is 2.54 bits per heavy atom. The zero-order valence-electron chi connectivity index (χ0n) is 15.4. The first kappa shape index (κ1) is 19.8. The molecule has 0 amide bonds. The molecule has 1 saturated carbocycles. The molecular weight excluding hydrogens is 375 g/mol. The highest BCUT2D eigenvalue weighted by Gasteiger charge is 2.43. The third-order valence-corrected chi connectivity index (χ3v) is 10.5. The molecule has 0 saturated heterocycles. The molecule has 4 heteroatoms. The molecule has 1 N–H and O–H groups in total. The van der Waals surface area contributed by atoms with Crippen LogP contribution in [0.4, 0.5) is 0 Å². The molecule has 0 aliphatic heterocycles. The van der Waals surface area contributed by atoms with Crippen molar-refractivity contribution in [1.82, 2.24) is 0 Å². The Morgan fingerprint density at radius 2 is 1.85 bits per heavy atom. The molecule has 1 fully saturated rings. The number of aliphatic hydroxyl groups is 1. The van der Waals surface area contributed by atoms with Crippen molar-refractivity contribution < 1.29 is 5.11 Å². The first-order valence-electron chi connectivity index (χ1n) is 9.05. The first-order valence-corrected chi connectivity index (χ1v) is 12.9. The monoisotopic (exact) mass is 401 g/mol. The second-order valence-electron chi connectivity index (χ2n) is 7.41. The van der Waals surface area contributed by atoms with Crippen LogP contribution in [0.3, 0.4) is 0 Å². The maximum absolute atomic E-state index is 10.9. The standard InChI is InChI=1S/C22H26OPS2/c1-16(2)18-13-14-22(3,23)21(15-18)26-24(25)20-12-8-7-11-19(20)17-9-5-4-6-10-17/h4-12,18,21,23H,1,13-15H2,2-3H3/q+1/t18-,21+,22+/m0/s1. The number of hydrogen-bond acceptors (Lipinski definition) is 3. The Bertz CT molecular complexity index is 801. The van der Waals surface area contributed by atoms with Gasteiger partial charge in [0.2, 0.25) is 0 Å². The molecular formula is C22H26OPS2+. The van der Waals surface area contributed by atoms with Gasteiger partial charge < -0.3 is 5.11 Å². The Kier molecular flexibility index (Phi) is 6.35. The molecule has 4 atom stereocenters. The van der Waals surface area contributed by atoms with Crippen LogP contribution in [0.2, 0.25) is 0 Å². The van der Waals surface area contributed by atoms with Gasteiger partial charge in [-0.05, 0) is 56.7 Å². The molecule has 3 rings (SSSR count). The molecule has 0 radical (unpaired) electrons. The van der Waals surface area contributed by atoms with Crippen molar-refractivity contribution in [2.45, 2.75) is 44.0 Å². The Morgan fingerprint density at radius 1 is 1.19 bits per heavy atom. The summed E-state index contributed by atoms with van der Waals surface area (Å²) >= 11 is 7.77. The van der Waals surface area contributed by atoms with Gasteiger partial charge in [0.1, 0.15) is 11.4 Å². The molecule has 0 heterocycles. The topological polar surface area (TPSA) is 20.2 Å². The van der Waals surface area contributed by atoms with Gasteiger partial charge in [-0.1, -0.05) is 54.6 Å². The molecule has 136 valence electrons. The van der Waals surface area contributed by atoms with Crippen LogP contribution < -0.4 is 5.30 Å². The van der Waals surface area contributed by atoms with Gasteiger partial charge in [0.15, 0.2) is 17.1 Å². The lowest BCUT2D eigenvalue weighted by atomic mass is 9.77. The average molecular weight is 402 g/mol. The van der Waals surface area contributed by atoms with Gasteiger partial charge in [0.25, 0.3) is 5.90 Å². The lowest BCUT2D eigenvalue weighted by Crippen LogP contribution is -2.42. The molecule has 1 aliphatic carbocycles. The summed E-state index contributed by atoms with van der Waals surface area (Å²) in [4.78, 5) is 0. The van der Waals surface area contributed by atoms with Gasteiger partial charge in [-0.3, -0.25) is 0 Å². The minimum Gasteiger partial charge on any atom is -0.389 e. The fraction of sp³-hybridized carbons (Fsp3) is 0.364. The maximum atomic E-state index is 10.9. The molecule has 0 bridgehead atoms. The van der Waals surface area contributed by atoms with Crippen molar-refractivity contribution in [3.8, 4) is 11.1 Å². The Balaban J connectivity index is 1.85. The zero-order valence-corrected chi connectivity index (χ0v) is 17.9. The van der Waals surface area contributed by atoms with Crippen molar-refractivity contribution in [1.29, 1.82) is 0 Å². The highest BCUT2D eigenvalue weighted by molar-refractivity contribution is 8.66. The van der Waals surface area contributed by atoms with E-state index in [2.05, 4.69) is 62.0 Å². The van der Waals surface area contributed by atoms with Crippen LogP contribution in [0.5, 0.6) is 0 Å². The highest BCUT2D eigenvalue weighted by Crippen LogP contribution is 2.51. The predicted octanol–water partition coefficient (Wildman–Crippen LogP) is 6.07. The van der Waals surface area contributed by atoms with Crippen molar-refractivity contribution in [3.63, 3.8) is 0 Å². The van der Waals surface area contributed by atoms with Crippen LogP contribution in [0.15, 0.2) is 66.7 Å². The summed E-state index contributed by atoms with van der Waals surface area (Å²) in [5, 5.41) is 12.3. The van der Waals surface area contributed by atoms with Crippen molar-refractivity contribution in [2.75, 3.05) is 0 Å². The molecule has 1 nitrogen and oxygen atoms in total. The normalized spacial score (nSPS) is 26.3. The predicted molar refractivity (Wildman–Crippen MR) is 120 cm³/mol. The SMILES string of the molecule is C=C(C)[C@H]1CC[C@@](C)(O)[C@H](S[P+](=S)c2ccccc2-c2ccccc2)C1. The van der Waals surface area contributed by atoms with E-state index >= 15 is 0 Å². The van der Waals surface area contributed by atoms with Gasteiger partial charge in [-0.2, -0.15) is 0 Å². The summed E-state index contributed by atoms with van der Waals surface area (Å²) in [7, 11) is 0. The molecule has 2 aromatic rings. The highest BCUT2D eigenvalue weighted by atomic mass is 32.9. The van der Waals surface area contributed by atoms with Crippen molar-refractivity contribution in [3.05, 3.63) is 66.7 Å². The van der Waals surface area contributed by atoms with Gasteiger partial charge in [0.05, 0.1) is 10.9 Å². The molecule has 0 aromatic heterocycles. The van der Waals surface area contributed by atoms with Gasteiger partial charge in [-0.15, -0.1) is 0 Å². The summed E-state index contributed by atoms with van der Waals surface area (Å²) in [6.45, 7) is 8.22. The number of allylic oxidation sites excluding steroid dienone is 1. The molecule has 0 spiro atoms. The van der Waals surface area contributed by atoms with Crippen molar-refractivity contribution >= 4 is 34.4 Å². The van der Waals surface area contributed by atoms with Crippen molar-refractivity contribution in [2.24, 2.45) is 5.92 Å². The van der Waals surface area contributed by atoms with Gasteiger partial charge in [0, 0.05) is 5.56 Å². The molecule has 1 aliphatic rings. The summed E-state index contributed by atoms with van der Waals surface area (Å²) in [6, 6.07) is 18.9. The smallest absolute Gasteiger partial charge is 0.284 e. The minimum absolute atomic E-state index is 0.158. The fourth-order valence-corrected chi connectivity index (χ4v) is 9.01. The van der Waals surface area contributed by atoms with E-state index in [1.165, 1.54) is 22.0 Å². The van der Waals surface area contributed by atoms with Gasteiger partial charge in [-0.25, -0.2) is 0 Å². The second-order valence-corrected chi connectivity index (χ2v) is 12.7. The van der Waals surface area contributed by atoms with E-state index < -0.39 is 11.5 Å². The Labute approximate surface area is 167 Å². The van der Waals surface area contributed by atoms with Crippen LogP contribution in [-0.2, 0) is 11.8 Å². The van der Waals surface area contributed by atoms with E-state index in [0.29, 0.717) is 5.92 Å². The summed E-state index contributed by atoms with van der Waals surface area (Å²) in [5.41, 5.74) is 2.99. The van der Waals surface area contributed by atoms with Crippen LogP contribution >= 0.6 is 17.3 Å². The van der Waals surface area contributed by atoms with E-state index in [-0.39, 0.29) is 5.25 Å². The van der Waals surface area contributed by atoms with Crippen LogP contribution in [0.1, 0.15) is 33.1 Å². The van der Waals surface area contributed by atoms with Crippen LogP contribution in [0.25, 0.3) is 11.1 Å². The van der Waals surface area contributed by atoms with E-state index in [1.807, 2.05) is 13.0 Å². The van der Waals surface area contributed by atoms with E-state index in [9.17, 15) is 5.11 Å². The van der Waals surface area contributed by atoms with E-state index in [4.69, 9.17) is 11.8 Å². The minimum atomic E-state index is -0.829. The number of rotatable bonds is 5. The molecule has 1 unspecified atom stereocenters. The van der Waals surface area contributed by atoms with Crippen LogP contribution in [0, 0.1) is 5.92 Å². The average Bonchev–Trinajstić information content (AvgIpc) is 2.63. The zero-order chi connectivity index (χ0) is 18.7. The second kappa shape index (κ2) is 8.35. The summed E-state index contributed by atoms with van der Waals surface area (Å²) in [5.74, 6) is -0.334. The third-order valence-electron chi connectivity index (χ3n) is 5.30. The lowest BCUT2D eigenvalue weighted by molar-refractivity contribution is 0.0198. The maximum Gasteiger partial charge on any atom is 0.284 e. The number of hydrogen-bond donors (Lipinski definition) is 1. The summed E-state index contributed by atoms with van der Waals surface area (Å²) in [6.07, 6.45) is 2.81.